The lowest BCUT2D eigenvalue weighted by Crippen LogP contribution is -2.30. The molecule has 1 aromatic heterocycles. The Morgan fingerprint density at radius 2 is 1.84 bits per heavy atom. The quantitative estimate of drug-likeness (QED) is 0.554. The van der Waals surface area contributed by atoms with Crippen LogP contribution in [0.1, 0.15) is 68.9 Å². The fraction of sp³-hybridized carbons (Fsp3) is 0.688. The SMILES string of the molecule is CCCCC(CC)CC(NN)c1cc(C)nc(C)c1. The Kier molecular flexibility index (Phi) is 7.03. The minimum absolute atomic E-state index is 0.238. The second-order valence-electron chi connectivity index (χ2n) is 5.55. The van der Waals surface area contributed by atoms with Gasteiger partial charge in [0.25, 0.3) is 0 Å². The Morgan fingerprint density at radius 1 is 1.21 bits per heavy atom. The molecular formula is C16H29N3. The van der Waals surface area contributed by atoms with Crippen molar-refractivity contribution in [3.63, 3.8) is 0 Å². The van der Waals surface area contributed by atoms with Crippen LogP contribution in [-0.2, 0) is 0 Å². The number of hydrazine groups is 1. The van der Waals surface area contributed by atoms with Crippen molar-refractivity contribution in [3.8, 4) is 0 Å². The highest BCUT2D eigenvalue weighted by Crippen LogP contribution is 2.26. The van der Waals surface area contributed by atoms with Gasteiger partial charge in [0.05, 0.1) is 0 Å². The predicted octanol–water partition coefficient (Wildman–Crippen LogP) is 3.81. The number of aryl methyl sites for hydroxylation is 2. The van der Waals surface area contributed by atoms with Crippen molar-refractivity contribution >= 4 is 0 Å². The summed E-state index contributed by atoms with van der Waals surface area (Å²) in [6.45, 7) is 8.61. The molecule has 0 aromatic carbocycles. The largest absolute Gasteiger partial charge is 0.271 e. The van der Waals surface area contributed by atoms with E-state index in [-0.39, 0.29) is 6.04 Å². The number of nitrogens with zero attached hydrogens (tertiary/aromatic N) is 1. The fourth-order valence-corrected chi connectivity index (χ4v) is 2.68. The zero-order valence-electron chi connectivity index (χ0n) is 12.9. The summed E-state index contributed by atoms with van der Waals surface area (Å²) in [5.74, 6) is 6.51. The fourth-order valence-electron chi connectivity index (χ4n) is 2.68. The molecule has 0 radical (unpaired) electrons. The first kappa shape index (κ1) is 16.1. The Bertz CT molecular complexity index is 356. The van der Waals surface area contributed by atoms with Crippen LogP contribution in [0.25, 0.3) is 0 Å². The first-order valence-electron chi connectivity index (χ1n) is 7.52. The number of rotatable bonds is 8. The maximum Gasteiger partial charge on any atom is 0.0463 e. The Balaban J connectivity index is 2.75. The molecule has 1 aromatic rings. The summed E-state index contributed by atoms with van der Waals surface area (Å²) in [5, 5.41) is 0. The van der Waals surface area contributed by atoms with Gasteiger partial charge in [-0.3, -0.25) is 16.3 Å². The topological polar surface area (TPSA) is 50.9 Å². The van der Waals surface area contributed by atoms with E-state index < -0.39 is 0 Å². The van der Waals surface area contributed by atoms with Gasteiger partial charge in [0.1, 0.15) is 0 Å². The standard InChI is InChI=1S/C16H29N3/c1-5-7-8-14(6-2)11-16(19-17)15-9-12(3)18-13(4)10-15/h9-10,14,16,19H,5-8,11,17H2,1-4H3. The van der Waals surface area contributed by atoms with Crippen molar-refractivity contribution < 1.29 is 0 Å². The van der Waals surface area contributed by atoms with Crippen LogP contribution >= 0.6 is 0 Å². The number of aromatic nitrogens is 1. The predicted molar refractivity (Wildman–Crippen MR) is 81.7 cm³/mol. The number of unbranched alkanes of at least 4 members (excludes halogenated alkanes) is 1. The van der Waals surface area contributed by atoms with Crippen LogP contribution in [0.4, 0.5) is 0 Å². The van der Waals surface area contributed by atoms with Crippen molar-refractivity contribution in [2.45, 2.75) is 65.8 Å². The second kappa shape index (κ2) is 8.28. The lowest BCUT2D eigenvalue weighted by Gasteiger charge is -2.23. The number of nitrogens with one attached hydrogen (secondary N) is 1. The molecule has 2 atom stereocenters. The molecule has 0 saturated heterocycles. The molecule has 0 aliphatic rings. The average molecular weight is 263 g/mol. The van der Waals surface area contributed by atoms with Crippen LogP contribution in [0.3, 0.4) is 0 Å². The molecule has 3 heteroatoms. The lowest BCUT2D eigenvalue weighted by molar-refractivity contribution is 0.356. The number of hydrogen-bond donors (Lipinski definition) is 2. The van der Waals surface area contributed by atoms with Crippen LogP contribution < -0.4 is 11.3 Å². The maximum atomic E-state index is 5.77. The summed E-state index contributed by atoms with van der Waals surface area (Å²) >= 11 is 0. The molecule has 0 bridgehead atoms. The highest BCUT2D eigenvalue weighted by Gasteiger charge is 2.16. The normalized spacial score (nSPS) is 14.4. The van der Waals surface area contributed by atoms with Gasteiger partial charge in [-0.2, -0.15) is 0 Å². The van der Waals surface area contributed by atoms with Crippen molar-refractivity contribution in [3.05, 3.63) is 29.1 Å². The van der Waals surface area contributed by atoms with Crippen LogP contribution in [-0.4, -0.2) is 4.98 Å². The Labute approximate surface area is 118 Å². The van der Waals surface area contributed by atoms with Gasteiger partial charge >= 0.3 is 0 Å². The summed E-state index contributed by atoms with van der Waals surface area (Å²) in [6, 6.07) is 4.52. The zero-order chi connectivity index (χ0) is 14.3. The van der Waals surface area contributed by atoms with Gasteiger partial charge in [-0.15, -0.1) is 0 Å². The van der Waals surface area contributed by atoms with Crippen LogP contribution in [0.5, 0.6) is 0 Å². The molecule has 3 nitrogen and oxygen atoms in total. The molecule has 1 heterocycles. The summed E-state index contributed by atoms with van der Waals surface area (Å²) in [6.07, 6.45) is 6.21. The average Bonchev–Trinajstić information content (AvgIpc) is 2.38. The van der Waals surface area contributed by atoms with E-state index >= 15 is 0 Å². The first-order valence-corrected chi connectivity index (χ1v) is 7.52. The molecule has 0 spiro atoms. The van der Waals surface area contributed by atoms with Crippen LogP contribution in [0.2, 0.25) is 0 Å². The minimum atomic E-state index is 0.238. The molecule has 0 saturated carbocycles. The van der Waals surface area contributed by atoms with Crippen LogP contribution in [0, 0.1) is 19.8 Å². The van der Waals surface area contributed by atoms with E-state index in [1.165, 1.54) is 31.2 Å². The molecule has 2 unspecified atom stereocenters. The molecule has 3 N–H and O–H groups in total. The van der Waals surface area contributed by atoms with Crippen molar-refractivity contribution in [2.75, 3.05) is 0 Å². The third-order valence-corrected chi connectivity index (χ3v) is 3.82. The highest BCUT2D eigenvalue weighted by atomic mass is 15.2. The van der Waals surface area contributed by atoms with E-state index in [1.54, 1.807) is 0 Å². The van der Waals surface area contributed by atoms with Gasteiger partial charge < -0.3 is 0 Å². The molecule has 1 rings (SSSR count). The molecule has 0 aliphatic carbocycles. The van der Waals surface area contributed by atoms with Gasteiger partial charge in [0, 0.05) is 17.4 Å². The molecule has 108 valence electrons. The van der Waals surface area contributed by atoms with E-state index in [0.717, 1.165) is 23.7 Å². The minimum Gasteiger partial charge on any atom is -0.271 e. The van der Waals surface area contributed by atoms with E-state index in [0.29, 0.717) is 0 Å². The van der Waals surface area contributed by atoms with Gasteiger partial charge in [0.15, 0.2) is 0 Å². The lowest BCUT2D eigenvalue weighted by atomic mass is 9.89. The Morgan fingerprint density at radius 3 is 2.32 bits per heavy atom. The van der Waals surface area contributed by atoms with Gasteiger partial charge in [-0.25, -0.2) is 0 Å². The van der Waals surface area contributed by atoms with E-state index in [4.69, 9.17) is 5.84 Å². The van der Waals surface area contributed by atoms with Gasteiger partial charge in [-0.1, -0.05) is 39.5 Å². The van der Waals surface area contributed by atoms with Gasteiger partial charge in [-0.05, 0) is 43.9 Å². The maximum absolute atomic E-state index is 5.77. The van der Waals surface area contributed by atoms with Crippen molar-refractivity contribution in [1.29, 1.82) is 0 Å². The van der Waals surface area contributed by atoms with E-state index in [2.05, 4.69) is 36.4 Å². The molecule has 0 fully saturated rings. The molecular weight excluding hydrogens is 234 g/mol. The smallest absolute Gasteiger partial charge is 0.0463 e. The van der Waals surface area contributed by atoms with Crippen molar-refractivity contribution in [1.82, 2.24) is 10.4 Å². The summed E-state index contributed by atoms with van der Waals surface area (Å²) in [5.41, 5.74) is 6.39. The molecule has 0 amide bonds. The monoisotopic (exact) mass is 263 g/mol. The third kappa shape index (κ3) is 5.29. The summed E-state index contributed by atoms with van der Waals surface area (Å²) in [4.78, 5) is 4.43. The summed E-state index contributed by atoms with van der Waals surface area (Å²) in [7, 11) is 0. The zero-order valence-corrected chi connectivity index (χ0v) is 12.9. The number of hydrogen-bond acceptors (Lipinski definition) is 3. The van der Waals surface area contributed by atoms with Crippen LogP contribution in [0.15, 0.2) is 12.1 Å². The molecule has 19 heavy (non-hydrogen) atoms. The second-order valence-corrected chi connectivity index (χ2v) is 5.55. The highest BCUT2D eigenvalue weighted by molar-refractivity contribution is 5.23. The summed E-state index contributed by atoms with van der Waals surface area (Å²) < 4.78 is 0. The molecule has 0 aliphatic heterocycles. The Hall–Kier alpha value is -0.930. The van der Waals surface area contributed by atoms with E-state index in [1.807, 2.05) is 13.8 Å². The van der Waals surface area contributed by atoms with E-state index in [9.17, 15) is 0 Å². The van der Waals surface area contributed by atoms with Gasteiger partial charge in [0.2, 0.25) is 0 Å². The number of pyridine rings is 1. The number of nitrogens with two attached hydrogens (primary N) is 1. The van der Waals surface area contributed by atoms with Crippen molar-refractivity contribution in [2.24, 2.45) is 11.8 Å². The first-order chi connectivity index (χ1) is 9.10. The third-order valence-electron chi connectivity index (χ3n) is 3.82.